The monoisotopic (exact) mass is 722 g/mol. The molecule has 0 N–H and O–H groups in total. The Hall–Kier alpha value is -4.60. The van der Waals surface area contributed by atoms with E-state index in [-0.39, 0.29) is 18.5 Å². The maximum absolute atomic E-state index is 16.1. The molecule has 0 atom stereocenters. The van der Waals surface area contributed by atoms with Gasteiger partial charge in [-0.2, -0.15) is 5.98 Å². The van der Waals surface area contributed by atoms with Crippen molar-refractivity contribution < 1.29 is 48.6 Å². The van der Waals surface area contributed by atoms with Gasteiger partial charge in [0.05, 0.1) is 0 Å². The van der Waals surface area contributed by atoms with Crippen LogP contribution in [0, 0.1) is 70.0 Å². The zero-order chi connectivity index (χ0) is 38.1. The number of nitrogens with zero attached hydrogens (tertiary/aromatic N) is 1. The van der Waals surface area contributed by atoms with Crippen molar-refractivity contribution in [2.24, 2.45) is 0 Å². The minimum absolute atomic E-state index is 0.0546. The molecule has 1 saturated heterocycles. The van der Waals surface area contributed by atoms with Crippen molar-refractivity contribution in [3.05, 3.63) is 124 Å². The molecule has 272 valence electrons. The lowest BCUT2D eigenvalue weighted by Crippen LogP contribution is -2.66. The third-order valence-electron chi connectivity index (χ3n) is 9.02. The van der Waals surface area contributed by atoms with Crippen LogP contribution in [0.25, 0.3) is 6.08 Å². The summed E-state index contributed by atoms with van der Waals surface area (Å²) in [5.41, 5.74) is -5.05. The first kappa shape index (κ1) is 39.2. The summed E-state index contributed by atoms with van der Waals surface area (Å²) >= 11 is 0. The van der Waals surface area contributed by atoms with Crippen molar-refractivity contribution in [3.63, 3.8) is 0 Å². The molecule has 0 unspecified atom stereocenters. The van der Waals surface area contributed by atoms with Gasteiger partial charge in [0.15, 0.2) is 34.9 Å². The lowest BCUT2D eigenvalue weighted by Gasteiger charge is -2.57. The predicted molar refractivity (Wildman–Crippen MR) is 178 cm³/mol. The highest BCUT2D eigenvalue weighted by Crippen LogP contribution is 2.43. The average molecular weight is 722 g/mol. The number of rotatable bonds is 9. The van der Waals surface area contributed by atoms with Gasteiger partial charge in [-0.15, -0.1) is 0 Å². The number of piperidine rings is 1. The Morgan fingerprint density at radius 2 is 1.18 bits per heavy atom. The molecule has 1 aliphatic rings. The fraction of sp³-hybridized carbons (Fsp3) is 0.316. The van der Waals surface area contributed by atoms with Crippen LogP contribution in [0.4, 0.5) is 43.9 Å². The summed E-state index contributed by atoms with van der Waals surface area (Å²) in [6, 6.07) is 8.73. The first-order valence-electron chi connectivity index (χ1n) is 16.1. The second-order valence-electron chi connectivity index (χ2n) is 13.5. The molecule has 0 aromatic heterocycles. The van der Waals surface area contributed by atoms with Crippen LogP contribution in [0.5, 0.6) is 0 Å². The van der Waals surface area contributed by atoms with Crippen LogP contribution >= 0.6 is 0 Å². The van der Waals surface area contributed by atoms with Crippen LogP contribution in [-0.2, 0) is 4.65 Å². The van der Waals surface area contributed by atoms with Crippen molar-refractivity contribution in [1.82, 2.24) is 4.90 Å². The summed E-state index contributed by atoms with van der Waals surface area (Å²) in [6.45, 7) is 12.2. The predicted octanol–water partition coefficient (Wildman–Crippen LogP) is 9.65. The lowest BCUT2D eigenvalue weighted by molar-refractivity contribution is 0.00436. The van der Waals surface area contributed by atoms with Gasteiger partial charge in [-0.1, -0.05) is 72.8 Å². The van der Waals surface area contributed by atoms with E-state index in [2.05, 4.69) is 18.4 Å². The highest BCUT2D eigenvalue weighted by molar-refractivity contribution is 7.01. The minimum atomic E-state index is -4.85. The number of hydrogen-bond acceptors (Lipinski definition) is 2. The van der Waals surface area contributed by atoms with E-state index < -0.39 is 92.3 Å². The van der Waals surface area contributed by atoms with E-state index in [0.717, 1.165) is 0 Å². The van der Waals surface area contributed by atoms with Crippen molar-refractivity contribution in [1.29, 1.82) is 0 Å². The van der Waals surface area contributed by atoms with Gasteiger partial charge in [0.1, 0.15) is 29.0 Å². The molecule has 1 fully saturated rings. The van der Waals surface area contributed by atoms with Crippen molar-refractivity contribution in [2.75, 3.05) is 0 Å². The van der Waals surface area contributed by atoms with Crippen LogP contribution in [0.3, 0.4) is 0 Å². The number of hydrogen-bond donors (Lipinski definition) is 0. The van der Waals surface area contributed by atoms with Gasteiger partial charge in [0.25, 0.3) is 6.35 Å². The highest BCUT2D eigenvalue weighted by atomic mass is 19.2. The summed E-state index contributed by atoms with van der Waals surface area (Å²) in [7, 11) is 0. The van der Waals surface area contributed by atoms with Crippen LogP contribution in [0.1, 0.15) is 72.3 Å². The molecule has 13 heteroatoms. The zero-order valence-electron chi connectivity index (χ0n) is 28.6. The standard InChI is InChI=1S/C38H35BF10NO/c1-7-8-14-22(2)51-39(25-27(40)31(44)35(48)32(45)28(25)41,26-29(42)33(46)36(49)34(47)30(26)43)21-24(18-12-17-23-15-10-9-11-16-23)50-37(3,4)19-13-20-38(50,5)6/h9-12,15-17,21H,2,7,13,18-20H2,1,3-6H3/q-1/b17-12+,24-21-. The molecule has 2 nitrogen and oxygen atoms in total. The first-order valence-corrected chi connectivity index (χ1v) is 16.1. The Labute approximate surface area is 290 Å². The van der Waals surface area contributed by atoms with Gasteiger partial charge < -0.3 is 9.55 Å². The van der Waals surface area contributed by atoms with Gasteiger partial charge >= 0.3 is 0 Å². The summed E-state index contributed by atoms with van der Waals surface area (Å²) in [5, 5.41) is 0. The molecule has 0 aliphatic carbocycles. The molecule has 4 rings (SSSR count). The van der Waals surface area contributed by atoms with Crippen LogP contribution in [0.15, 0.2) is 60.4 Å². The smallest absolute Gasteiger partial charge is 0.255 e. The molecule has 0 radical (unpaired) electrons. The minimum Gasteiger partial charge on any atom is -0.697 e. The molecule has 0 amide bonds. The Morgan fingerprint density at radius 1 is 0.745 bits per heavy atom. The molecule has 51 heavy (non-hydrogen) atoms. The van der Waals surface area contributed by atoms with Crippen molar-refractivity contribution >= 4 is 23.4 Å². The van der Waals surface area contributed by atoms with Crippen LogP contribution < -0.4 is 10.9 Å². The van der Waals surface area contributed by atoms with Gasteiger partial charge in [0, 0.05) is 23.9 Å². The van der Waals surface area contributed by atoms with E-state index in [9.17, 15) is 8.78 Å². The third kappa shape index (κ3) is 7.42. The fourth-order valence-corrected chi connectivity index (χ4v) is 7.06. The van der Waals surface area contributed by atoms with Gasteiger partial charge in [-0.25, -0.2) is 43.9 Å². The normalized spacial score (nSPS) is 15.9. The molecule has 3 aromatic carbocycles. The molecule has 1 heterocycles. The van der Waals surface area contributed by atoms with Crippen molar-refractivity contribution in [2.45, 2.75) is 77.8 Å². The Kier molecular flexibility index (Phi) is 11.5. The molecule has 1 aliphatic heterocycles. The van der Waals surface area contributed by atoms with Crippen LogP contribution in [-0.4, -0.2) is 22.3 Å². The Morgan fingerprint density at radius 3 is 1.61 bits per heavy atom. The SMILES string of the molecule is C=C(C#CCC)O[B-](/C=C(/C/C=C/c1ccccc1)N1C(C)(C)CCCC1(C)C)(c1c(F)c(F)c(F)c(F)c1F)c1c(F)c(F)c(F)c(F)c1F. The second-order valence-corrected chi connectivity index (χ2v) is 13.5. The third-order valence-corrected chi connectivity index (χ3v) is 9.02. The Balaban J connectivity index is 2.30. The number of halogens is 10. The molecule has 3 aromatic rings. The van der Waals surface area contributed by atoms with E-state index in [1.807, 2.05) is 0 Å². The average Bonchev–Trinajstić information content (AvgIpc) is 3.06. The second kappa shape index (κ2) is 14.9. The largest absolute Gasteiger partial charge is 0.697 e. The van der Waals surface area contributed by atoms with E-state index in [0.29, 0.717) is 30.8 Å². The Bertz CT molecular complexity index is 1820. The summed E-state index contributed by atoms with van der Waals surface area (Å²) < 4.78 is 159. The zero-order valence-corrected chi connectivity index (χ0v) is 28.6. The van der Waals surface area contributed by atoms with Gasteiger partial charge in [-0.3, -0.25) is 0 Å². The number of benzene rings is 3. The number of allylic oxidation sites excluding steroid dienone is 2. The fourth-order valence-electron chi connectivity index (χ4n) is 7.06. The van der Waals surface area contributed by atoms with Crippen molar-refractivity contribution in [3.8, 4) is 11.8 Å². The molecular weight excluding hydrogens is 687 g/mol. The summed E-state index contributed by atoms with van der Waals surface area (Å²) in [4.78, 5) is 1.73. The molecular formula is C38H35BF10NO-. The quantitative estimate of drug-likeness (QED) is 0.0545. The number of likely N-dealkylation sites (tertiary alicyclic amines) is 1. The topological polar surface area (TPSA) is 12.5 Å². The maximum Gasteiger partial charge on any atom is 0.255 e. The van der Waals surface area contributed by atoms with Gasteiger partial charge in [0.2, 0.25) is 0 Å². The summed E-state index contributed by atoms with van der Waals surface area (Å²) in [5.74, 6) is -21.3. The maximum atomic E-state index is 16.1. The molecule has 0 saturated carbocycles. The van der Waals surface area contributed by atoms with E-state index >= 15 is 35.1 Å². The van der Waals surface area contributed by atoms with Crippen LogP contribution in [0.2, 0.25) is 0 Å². The van der Waals surface area contributed by atoms with Gasteiger partial charge in [-0.05, 0) is 64.1 Å². The molecule has 0 bridgehead atoms. The molecule has 0 spiro atoms. The summed E-state index contributed by atoms with van der Waals surface area (Å²) in [6.07, 6.45) is -0.113. The van der Waals surface area contributed by atoms with E-state index in [4.69, 9.17) is 4.65 Å². The lowest BCUT2D eigenvalue weighted by atomic mass is 9.30. The highest BCUT2D eigenvalue weighted by Gasteiger charge is 2.47. The van der Waals surface area contributed by atoms with E-state index in [1.165, 1.54) is 0 Å². The first-order chi connectivity index (χ1) is 23.8. The van der Waals surface area contributed by atoms with E-state index in [1.54, 1.807) is 82.0 Å².